The van der Waals surface area contributed by atoms with Gasteiger partial charge in [-0.15, -0.1) is 0 Å². The number of rotatable bonds is 4. The van der Waals surface area contributed by atoms with Gasteiger partial charge in [-0.05, 0) is 42.3 Å². The van der Waals surface area contributed by atoms with Gasteiger partial charge in [0.15, 0.2) is 0 Å². The van der Waals surface area contributed by atoms with Gasteiger partial charge in [0.25, 0.3) is 10.0 Å². The van der Waals surface area contributed by atoms with Gasteiger partial charge in [0.05, 0.1) is 16.3 Å². The van der Waals surface area contributed by atoms with E-state index in [0.29, 0.717) is 0 Å². The molecule has 2 aromatic rings. The van der Waals surface area contributed by atoms with Crippen LogP contribution in [-0.2, 0) is 16.4 Å². The molecule has 0 spiro atoms. The standard InChI is InChI=1S/C14H15FN2O2S/c1-2-10-3-6-12(7-4-10)20(18,19)17-11-5-8-13(15)14(16)9-11/h3-9,17H,2,16H2,1H3. The normalized spacial score (nSPS) is 11.3. The highest BCUT2D eigenvalue weighted by Crippen LogP contribution is 2.20. The number of anilines is 2. The minimum Gasteiger partial charge on any atom is -0.396 e. The largest absolute Gasteiger partial charge is 0.396 e. The minimum absolute atomic E-state index is 0.105. The molecule has 0 aliphatic heterocycles. The topological polar surface area (TPSA) is 72.2 Å². The van der Waals surface area contributed by atoms with Gasteiger partial charge in [-0.25, -0.2) is 12.8 Å². The summed E-state index contributed by atoms with van der Waals surface area (Å²) in [5, 5.41) is 0. The Morgan fingerprint density at radius 3 is 2.35 bits per heavy atom. The van der Waals surface area contributed by atoms with Crippen LogP contribution in [0, 0.1) is 5.82 Å². The Morgan fingerprint density at radius 2 is 1.80 bits per heavy atom. The Hall–Kier alpha value is -2.08. The van der Waals surface area contributed by atoms with Crippen LogP contribution < -0.4 is 10.5 Å². The SMILES string of the molecule is CCc1ccc(S(=O)(=O)Nc2ccc(F)c(N)c2)cc1. The molecule has 0 unspecified atom stereocenters. The molecular formula is C14H15FN2O2S. The minimum atomic E-state index is -3.70. The number of nitrogens with two attached hydrogens (primary N) is 1. The van der Waals surface area contributed by atoms with Crippen LogP contribution in [0.5, 0.6) is 0 Å². The molecule has 0 aliphatic rings. The van der Waals surface area contributed by atoms with Crippen LogP contribution in [0.1, 0.15) is 12.5 Å². The van der Waals surface area contributed by atoms with Gasteiger partial charge in [0.1, 0.15) is 5.82 Å². The Balaban J connectivity index is 2.27. The summed E-state index contributed by atoms with van der Waals surface area (Å²) in [6, 6.07) is 10.3. The van der Waals surface area contributed by atoms with Crippen LogP contribution in [0.25, 0.3) is 0 Å². The highest BCUT2D eigenvalue weighted by molar-refractivity contribution is 7.92. The van der Waals surface area contributed by atoms with E-state index in [1.54, 1.807) is 12.1 Å². The number of nitrogen functional groups attached to an aromatic ring is 1. The maximum absolute atomic E-state index is 13.0. The van der Waals surface area contributed by atoms with Gasteiger partial charge in [-0.3, -0.25) is 4.72 Å². The van der Waals surface area contributed by atoms with Crippen molar-refractivity contribution in [1.29, 1.82) is 0 Å². The Kier molecular flexibility index (Phi) is 3.94. The Morgan fingerprint density at radius 1 is 1.15 bits per heavy atom. The molecule has 2 aromatic carbocycles. The van der Waals surface area contributed by atoms with E-state index in [1.807, 2.05) is 6.92 Å². The van der Waals surface area contributed by atoms with Crippen molar-refractivity contribution in [3.63, 3.8) is 0 Å². The molecule has 0 atom stereocenters. The van der Waals surface area contributed by atoms with Gasteiger partial charge in [-0.1, -0.05) is 19.1 Å². The number of hydrogen-bond acceptors (Lipinski definition) is 3. The van der Waals surface area contributed by atoms with Crippen LogP contribution in [-0.4, -0.2) is 8.42 Å². The molecule has 0 bridgehead atoms. The van der Waals surface area contributed by atoms with E-state index in [9.17, 15) is 12.8 Å². The zero-order valence-corrected chi connectivity index (χ0v) is 11.7. The number of aryl methyl sites for hydroxylation is 1. The van der Waals surface area contributed by atoms with Crippen LogP contribution in [0.2, 0.25) is 0 Å². The summed E-state index contributed by atoms with van der Waals surface area (Å²) in [6.45, 7) is 1.99. The van der Waals surface area contributed by atoms with Crippen molar-refractivity contribution in [3.8, 4) is 0 Å². The van der Waals surface area contributed by atoms with E-state index in [1.165, 1.54) is 24.3 Å². The fourth-order valence-corrected chi connectivity index (χ4v) is 2.78. The average Bonchev–Trinajstić information content (AvgIpc) is 2.43. The van der Waals surface area contributed by atoms with Crippen molar-refractivity contribution in [2.24, 2.45) is 0 Å². The lowest BCUT2D eigenvalue weighted by Gasteiger charge is -2.09. The fourth-order valence-electron chi connectivity index (χ4n) is 1.73. The first-order valence-corrected chi connectivity index (χ1v) is 7.57. The highest BCUT2D eigenvalue weighted by atomic mass is 32.2. The van der Waals surface area contributed by atoms with Crippen LogP contribution in [0.3, 0.4) is 0 Å². The predicted octanol–water partition coefficient (Wildman–Crippen LogP) is 2.77. The van der Waals surface area contributed by atoms with Gasteiger partial charge in [0, 0.05) is 0 Å². The van der Waals surface area contributed by atoms with Crippen LogP contribution in [0.15, 0.2) is 47.4 Å². The molecule has 3 N–H and O–H groups in total. The molecule has 2 rings (SSSR count). The number of sulfonamides is 1. The third kappa shape index (κ3) is 3.08. The maximum Gasteiger partial charge on any atom is 0.261 e. The van der Waals surface area contributed by atoms with Crippen molar-refractivity contribution >= 4 is 21.4 Å². The van der Waals surface area contributed by atoms with Crippen molar-refractivity contribution < 1.29 is 12.8 Å². The number of hydrogen-bond donors (Lipinski definition) is 2. The van der Waals surface area contributed by atoms with Gasteiger partial charge < -0.3 is 5.73 Å². The lowest BCUT2D eigenvalue weighted by molar-refractivity contribution is 0.601. The molecule has 0 saturated heterocycles. The predicted molar refractivity (Wildman–Crippen MR) is 77.4 cm³/mol. The molecule has 6 heteroatoms. The second-order valence-corrected chi connectivity index (χ2v) is 6.02. The lowest BCUT2D eigenvalue weighted by atomic mass is 10.2. The molecule has 106 valence electrons. The van der Waals surface area contributed by atoms with Crippen molar-refractivity contribution in [2.75, 3.05) is 10.5 Å². The van der Waals surface area contributed by atoms with Gasteiger partial charge in [0.2, 0.25) is 0 Å². The molecular weight excluding hydrogens is 279 g/mol. The monoisotopic (exact) mass is 294 g/mol. The molecule has 0 aliphatic carbocycles. The zero-order chi connectivity index (χ0) is 14.8. The summed E-state index contributed by atoms with van der Waals surface area (Å²) >= 11 is 0. The van der Waals surface area contributed by atoms with Gasteiger partial charge in [-0.2, -0.15) is 0 Å². The molecule has 4 nitrogen and oxygen atoms in total. The third-order valence-corrected chi connectivity index (χ3v) is 4.29. The van der Waals surface area contributed by atoms with Crippen LogP contribution in [0.4, 0.5) is 15.8 Å². The highest BCUT2D eigenvalue weighted by Gasteiger charge is 2.14. The summed E-state index contributed by atoms with van der Waals surface area (Å²) in [5.74, 6) is -0.583. The summed E-state index contributed by atoms with van der Waals surface area (Å²) < 4.78 is 39.7. The summed E-state index contributed by atoms with van der Waals surface area (Å²) in [7, 11) is -3.70. The first-order valence-electron chi connectivity index (χ1n) is 6.09. The van der Waals surface area contributed by atoms with Crippen molar-refractivity contribution in [2.45, 2.75) is 18.2 Å². The third-order valence-electron chi connectivity index (χ3n) is 2.89. The number of nitrogens with one attached hydrogen (secondary N) is 1. The van der Waals surface area contributed by atoms with Gasteiger partial charge >= 0.3 is 0 Å². The average molecular weight is 294 g/mol. The Labute approximate surface area is 117 Å². The summed E-state index contributed by atoms with van der Waals surface area (Å²) in [6.07, 6.45) is 0.836. The van der Waals surface area contributed by atoms with Crippen molar-refractivity contribution in [3.05, 3.63) is 53.8 Å². The van der Waals surface area contributed by atoms with Crippen LogP contribution >= 0.6 is 0 Å². The van der Waals surface area contributed by atoms with E-state index in [4.69, 9.17) is 5.73 Å². The molecule has 0 heterocycles. The molecule has 0 fully saturated rings. The molecule has 0 saturated carbocycles. The first-order chi connectivity index (χ1) is 9.42. The van der Waals surface area contributed by atoms with E-state index in [2.05, 4.69) is 4.72 Å². The van der Waals surface area contributed by atoms with E-state index in [-0.39, 0.29) is 16.3 Å². The van der Waals surface area contributed by atoms with E-state index < -0.39 is 15.8 Å². The van der Waals surface area contributed by atoms with Crippen molar-refractivity contribution in [1.82, 2.24) is 0 Å². The van der Waals surface area contributed by atoms with E-state index in [0.717, 1.165) is 18.1 Å². The molecule has 0 amide bonds. The van der Waals surface area contributed by atoms with E-state index >= 15 is 0 Å². The second-order valence-electron chi connectivity index (χ2n) is 4.34. The Bertz CT molecular complexity index is 712. The number of benzene rings is 2. The first kappa shape index (κ1) is 14.3. The zero-order valence-electron chi connectivity index (χ0n) is 10.9. The molecule has 20 heavy (non-hydrogen) atoms. The number of halogens is 1. The molecule has 0 radical (unpaired) electrons. The lowest BCUT2D eigenvalue weighted by Crippen LogP contribution is -2.13. The fraction of sp³-hybridized carbons (Fsp3) is 0.143. The molecule has 0 aromatic heterocycles. The smallest absolute Gasteiger partial charge is 0.261 e. The summed E-state index contributed by atoms with van der Waals surface area (Å²) in [5.41, 5.74) is 6.58. The summed E-state index contributed by atoms with van der Waals surface area (Å²) in [4.78, 5) is 0.151. The maximum atomic E-state index is 13.0. The quantitative estimate of drug-likeness (QED) is 0.852. The second kappa shape index (κ2) is 5.50.